The van der Waals surface area contributed by atoms with E-state index in [1.807, 2.05) is 0 Å². The van der Waals surface area contributed by atoms with E-state index in [2.05, 4.69) is 13.5 Å². The zero-order valence-electron chi connectivity index (χ0n) is 20.2. The number of carbonyl (C=O) groups is 2. The van der Waals surface area contributed by atoms with Crippen molar-refractivity contribution in [3.8, 4) is 0 Å². The molecule has 188 valence electrons. The Kier molecular flexibility index (Phi) is 7.37. The van der Waals surface area contributed by atoms with E-state index in [1.54, 1.807) is 46.2 Å². The van der Waals surface area contributed by atoms with Gasteiger partial charge in [-0.15, -0.1) is 17.9 Å². The van der Waals surface area contributed by atoms with Crippen LogP contribution < -0.4 is 5.56 Å². The van der Waals surface area contributed by atoms with Crippen LogP contribution in [0.1, 0.15) is 53.4 Å². The van der Waals surface area contributed by atoms with Crippen LogP contribution in [-0.2, 0) is 24.2 Å². The monoisotopic (exact) mass is 541 g/mol. The van der Waals surface area contributed by atoms with Crippen LogP contribution in [0.15, 0.2) is 46.9 Å². The maximum absolute atomic E-state index is 13.6. The van der Waals surface area contributed by atoms with Crippen LogP contribution in [0.4, 0.5) is 0 Å². The normalized spacial score (nSPS) is 20.3. The molecule has 5 rings (SSSR count). The quantitative estimate of drug-likeness (QED) is 0.234. The number of likely N-dealkylation sites (tertiary alicyclic amines) is 1. The van der Waals surface area contributed by atoms with Crippen molar-refractivity contribution < 1.29 is 9.59 Å². The molecule has 2 aromatic heterocycles. The Hall–Kier alpha value is -2.42. The highest BCUT2D eigenvalue weighted by Gasteiger charge is 2.34. The van der Waals surface area contributed by atoms with E-state index in [9.17, 15) is 14.4 Å². The summed E-state index contributed by atoms with van der Waals surface area (Å²) in [5, 5.41) is 1.27. The Balaban J connectivity index is 1.49. The molecule has 3 heterocycles. The van der Waals surface area contributed by atoms with Gasteiger partial charge in [0.1, 0.15) is 4.83 Å². The maximum Gasteiger partial charge on any atom is 0.263 e. The largest absolute Gasteiger partial charge is 0.283 e. The number of imide groups is 1. The van der Waals surface area contributed by atoms with E-state index >= 15 is 0 Å². The number of carbonyl (C=O) groups excluding carboxylic acids is 2. The number of amides is 2. The number of nitrogens with zero attached hydrogens (tertiary/aromatic N) is 3. The first-order valence-electron chi connectivity index (χ1n) is 12.3. The van der Waals surface area contributed by atoms with Crippen molar-refractivity contribution in [2.45, 2.75) is 62.4 Å². The molecule has 1 aliphatic heterocycles. The molecule has 6 nitrogen and oxygen atoms in total. The van der Waals surface area contributed by atoms with Crippen molar-refractivity contribution in [2.75, 3.05) is 6.54 Å². The van der Waals surface area contributed by atoms with E-state index < -0.39 is 5.25 Å². The summed E-state index contributed by atoms with van der Waals surface area (Å²) in [6.07, 6.45) is 6.81. The van der Waals surface area contributed by atoms with E-state index in [-0.39, 0.29) is 17.4 Å². The molecule has 36 heavy (non-hydrogen) atoms. The third-order valence-corrected chi connectivity index (χ3v) is 9.56. The molecule has 0 saturated carbocycles. The van der Waals surface area contributed by atoms with Gasteiger partial charge in [-0.05, 0) is 67.9 Å². The number of aryl methyl sites for hydroxylation is 1. The zero-order valence-corrected chi connectivity index (χ0v) is 22.6. The average molecular weight is 542 g/mol. The van der Waals surface area contributed by atoms with Crippen LogP contribution in [0.25, 0.3) is 10.2 Å². The Morgan fingerprint density at radius 3 is 2.78 bits per heavy atom. The van der Waals surface area contributed by atoms with Gasteiger partial charge < -0.3 is 0 Å². The topological polar surface area (TPSA) is 72.3 Å². The molecule has 1 saturated heterocycles. The summed E-state index contributed by atoms with van der Waals surface area (Å²) in [5.74, 6) is 0.0370. The summed E-state index contributed by atoms with van der Waals surface area (Å²) in [6.45, 7) is 6.77. The number of hydrogen-bond donors (Lipinski definition) is 0. The third-order valence-electron chi connectivity index (χ3n) is 6.92. The van der Waals surface area contributed by atoms with Crippen LogP contribution >= 0.6 is 34.7 Å². The molecule has 0 spiro atoms. The predicted molar refractivity (Wildman–Crippen MR) is 146 cm³/mol. The predicted octanol–water partition coefficient (Wildman–Crippen LogP) is 5.74. The van der Waals surface area contributed by atoms with Gasteiger partial charge >= 0.3 is 0 Å². The first-order valence-corrected chi connectivity index (χ1v) is 14.4. The van der Waals surface area contributed by atoms with E-state index in [0.717, 1.165) is 47.9 Å². The number of thioether (sulfide) groups is 1. The van der Waals surface area contributed by atoms with Crippen molar-refractivity contribution in [1.82, 2.24) is 14.5 Å². The van der Waals surface area contributed by atoms with Crippen molar-refractivity contribution >= 4 is 56.7 Å². The molecule has 1 aliphatic carbocycles. The molecule has 2 aliphatic rings. The summed E-state index contributed by atoms with van der Waals surface area (Å²) in [7, 11) is 0. The summed E-state index contributed by atoms with van der Waals surface area (Å²) in [6, 6.07) is 6.58. The second-order valence-electron chi connectivity index (χ2n) is 9.53. The Morgan fingerprint density at radius 2 is 2.03 bits per heavy atom. The number of hydrogen-bond acceptors (Lipinski definition) is 6. The Morgan fingerprint density at radius 1 is 1.25 bits per heavy atom. The van der Waals surface area contributed by atoms with Crippen molar-refractivity contribution in [3.05, 3.63) is 68.3 Å². The van der Waals surface area contributed by atoms with Crippen molar-refractivity contribution in [3.63, 3.8) is 0 Å². The van der Waals surface area contributed by atoms with Crippen LogP contribution in [0.2, 0.25) is 5.02 Å². The van der Waals surface area contributed by atoms with Gasteiger partial charge in [0.15, 0.2) is 5.16 Å². The Bertz CT molecular complexity index is 1400. The van der Waals surface area contributed by atoms with Crippen LogP contribution in [0.5, 0.6) is 0 Å². The standard InChI is InChI=1S/C27H28ClN3O3S2/c1-3-13-31-26(34)22-19-12-7-16(2)15-21(19)35-23(22)29-27(31)36-20-6-4-5-14-30(25(20)33)24(32)17-8-10-18(28)11-9-17/h3,8-11,16,20H,1,4-7,12-15H2,2H3/t16-,20+/m1/s1. The molecule has 0 radical (unpaired) electrons. The fourth-order valence-corrected chi connectivity index (χ4v) is 7.73. The second kappa shape index (κ2) is 10.5. The fourth-order valence-electron chi connectivity index (χ4n) is 4.98. The molecule has 0 unspecified atom stereocenters. The molecular formula is C27H28ClN3O3S2. The van der Waals surface area contributed by atoms with E-state index in [1.165, 1.54) is 21.5 Å². The Labute approximate surface area is 223 Å². The van der Waals surface area contributed by atoms with Gasteiger partial charge in [0.25, 0.3) is 11.5 Å². The van der Waals surface area contributed by atoms with Crippen molar-refractivity contribution in [1.29, 1.82) is 0 Å². The first kappa shape index (κ1) is 25.2. The lowest BCUT2D eigenvalue weighted by Gasteiger charge is -2.23. The lowest BCUT2D eigenvalue weighted by Crippen LogP contribution is -2.41. The minimum absolute atomic E-state index is 0.0652. The number of thiophene rings is 1. The van der Waals surface area contributed by atoms with E-state index in [0.29, 0.717) is 41.2 Å². The van der Waals surface area contributed by atoms with Gasteiger partial charge in [0.05, 0.1) is 10.6 Å². The molecule has 2 atom stereocenters. The lowest BCUT2D eigenvalue weighted by molar-refractivity contribution is -0.127. The molecule has 0 N–H and O–H groups in total. The maximum atomic E-state index is 13.6. The van der Waals surface area contributed by atoms with Gasteiger partial charge in [0.2, 0.25) is 5.91 Å². The average Bonchev–Trinajstić information content (AvgIpc) is 3.12. The zero-order chi connectivity index (χ0) is 25.4. The minimum Gasteiger partial charge on any atom is -0.283 e. The third kappa shape index (κ3) is 4.78. The highest BCUT2D eigenvalue weighted by Crippen LogP contribution is 2.37. The number of aromatic nitrogens is 2. The number of halogens is 1. The molecular weight excluding hydrogens is 514 g/mol. The molecule has 3 aromatic rings. The highest BCUT2D eigenvalue weighted by molar-refractivity contribution is 8.00. The molecule has 0 bridgehead atoms. The number of allylic oxidation sites excluding steroid dienone is 1. The van der Waals surface area contributed by atoms with Gasteiger partial charge in [-0.25, -0.2) is 4.98 Å². The van der Waals surface area contributed by atoms with Crippen LogP contribution in [0, 0.1) is 5.92 Å². The second-order valence-corrected chi connectivity index (χ2v) is 12.2. The van der Waals surface area contributed by atoms with Crippen LogP contribution in [-0.4, -0.2) is 38.1 Å². The van der Waals surface area contributed by atoms with Gasteiger partial charge in [-0.2, -0.15) is 0 Å². The summed E-state index contributed by atoms with van der Waals surface area (Å²) < 4.78 is 1.63. The summed E-state index contributed by atoms with van der Waals surface area (Å²) in [5.41, 5.74) is 1.51. The number of benzene rings is 1. The molecule has 1 aromatic carbocycles. The fraction of sp³-hybridized carbons (Fsp3) is 0.407. The number of fused-ring (bicyclic) bond motifs is 3. The smallest absolute Gasteiger partial charge is 0.263 e. The highest BCUT2D eigenvalue weighted by atomic mass is 35.5. The minimum atomic E-state index is -0.501. The lowest BCUT2D eigenvalue weighted by atomic mass is 9.89. The van der Waals surface area contributed by atoms with E-state index in [4.69, 9.17) is 16.6 Å². The SMILES string of the molecule is C=CCn1c(S[C@H]2CCCCN(C(=O)c3ccc(Cl)cc3)C2=O)nc2sc3c(c2c1=O)CC[C@@H](C)C3. The molecule has 2 amide bonds. The summed E-state index contributed by atoms with van der Waals surface area (Å²) in [4.78, 5) is 48.6. The molecule has 1 fully saturated rings. The van der Waals surface area contributed by atoms with Crippen LogP contribution in [0.3, 0.4) is 0 Å². The van der Waals surface area contributed by atoms with Crippen molar-refractivity contribution in [2.24, 2.45) is 5.92 Å². The first-order chi connectivity index (χ1) is 17.4. The number of rotatable bonds is 5. The molecule has 9 heteroatoms. The van der Waals surface area contributed by atoms with Gasteiger partial charge in [-0.3, -0.25) is 23.9 Å². The van der Waals surface area contributed by atoms with Gasteiger partial charge in [-0.1, -0.05) is 42.8 Å². The summed E-state index contributed by atoms with van der Waals surface area (Å²) >= 11 is 8.87. The van der Waals surface area contributed by atoms with Gasteiger partial charge in [0, 0.05) is 28.6 Å².